The fraction of sp³-hybridized carbons (Fsp3) is 0.500. The van der Waals surface area contributed by atoms with E-state index in [1.807, 2.05) is 0 Å². The van der Waals surface area contributed by atoms with Gasteiger partial charge in [0.25, 0.3) is 0 Å². The van der Waals surface area contributed by atoms with Crippen LogP contribution >= 0.6 is 0 Å². The minimum Gasteiger partial charge on any atom is -0.495 e. The smallest absolute Gasteiger partial charge is 0.338 e. The molecule has 0 amide bonds. The van der Waals surface area contributed by atoms with Crippen molar-refractivity contribution in [2.75, 3.05) is 19.5 Å². The van der Waals surface area contributed by atoms with Crippen molar-refractivity contribution in [2.24, 2.45) is 5.41 Å². The molecule has 4 nitrogen and oxygen atoms in total. The predicted octanol–water partition coefficient (Wildman–Crippen LogP) is 2.87. The Bertz CT molecular complexity index is 422. The van der Waals surface area contributed by atoms with Gasteiger partial charge in [-0.2, -0.15) is 0 Å². The maximum Gasteiger partial charge on any atom is 0.338 e. The van der Waals surface area contributed by atoms with Gasteiger partial charge in [-0.15, -0.1) is 0 Å². The highest BCUT2D eigenvalue weighted by atomic mass is 16.5. The van der Waals surface area contributed by atoms with Crippen LogP contribution < -0.4 is 10.5 Å². The number of nitrogen functional groups attached to an aromatic ring is 1. The van der Waals surface area contributed by atoms with Gasteiger partial charge >= 0.3 is 5.97 Å². The lowest BCUT2D eigenvalue weighted by Crippen LogP contribution is -2.13. The highest BCUT2D eigenvalue weighted by Crippen LogP contribution is 2.23. The van der Waals surface area contributed by atoms with Crippen LogP contribution in [0.1, 0.15) is 37.6 Å². The number of nitrogens with two attached hydrogens (primary N) is 1. The van der Waals surface area contributed by atoms with Crippen molar-refractivity contribution in [1.29, 1.82) is 0 Å². The van der Waals surface area contributed by atoms with Crippen LogP contribution in [0.3, 0.4) is 0 Å². The van der Waals surface area contributed by atoms with Crippen LogP contribution in [0.5, 0.6) is 5.75 Å². The van der Waals surface area contributed by atoms with E-state index in [-0.39, 0.29) is 11.4 Å². The molecule has 0 aromatic heterocycles. The van der Waals surface area contributed by atoms with Crippen LogP contribution in [0.2, 0.25) is 0 Å². The van der Waals surface area contributed by atoms with Crippen molar-refractivity contribution in [3.8, 4) is 5.75 Å². The molecule has 0 atom stereocenters. The average Bonchev–Trinajstić information content (AvgIpc) is 2.27. The molecule has 0 saturated carbocycles. The molecule has 0 heterocycles. The fourth-order valence-electron chi connectivity index (χ4n) is 1.37. The van der Waals surface area contributed by atoms with Gasteiger partial charge in [0.1, 0.15) is 5.75 Å². The predicted molar refractivity (Wildman–Crippen MR) is 71.8 cm³/mol. The van der Waals surface area contributed by atoms with E-state index in [2.05, 4.69) is 20.8 Å². The third-order valence-electron chi connectivity index (χ3n) is 2.55. The van der Waals surface area contributed by atoms with Gasteiger partial charge in [0.05, 0.1) is 25.0 Å². The Morgan fingerprint density at radius 2 is 2.00 bits per heavy atom. The molecule has 0 bridgehead atoms. The molecule has 0 aliphatic carbocycles. The maximum absolute atomic E-state index is 11.8. The van der Waals surface area contributed by atoms with Crippen LogP contribution in [-0.2, 0) is 4.74 Å². The van der Waals surface area contributed by atoms with E-state index in [0.29, 0.717) is 23.6 Å². The lowest BCUT2D eigenvalue weighted by Gasteiger charge is -2.17. The van der Waals surface area contributed by atoms with Crippen LogP contribution in [0.25, 0.3) is 0 Å². The number of rotatable bonds is 4. The molecule has 4 heteroatoms. The Morgan fingerprint density at radius 1 is 1.33 bits per heavy atom. The summed E-state index contributed by atoms with van der Waals surface area (Å²) in [6, 6.07) is 4.87. The number of carbonyl (C=O) groups is 1. The molecule has 0 spiro atoms. The molecular weight excluding hydrogens is 230 g/mol. The summed E-state index contributed by atoms with van der Waals surface area (Å²) in [6.07, 6.45) is 0.824. The van der Waals surface area contributed by atoms with Gasteiger partial charge in [-0.3, -0.25) is 0 Å². The van der Waals surface area contributed by atoms with E-state index in [9.17, 15) is 4.79 Å². The van der Waals surface area contributed by atoms with Crippen LogP contribution in [0, 0.1) is 5.41 Å². The molecule has 0 radical (unpaired) electrons. The number of anilines is 1. The first-order valence-corrected chi connectivity index (χ1v) is 5.94. The summed E-state index contributed by atoms with van der Waals surface area (Å²) in [4.78, 5) is 11.8. The van der Waals surface area contributed by atoms with Crippen LogP contribution in [-0.4, -0.2) is 19.7 Å². The monoisotopic (exact) mass is 251 g/mol. The Balaban J connectivity index is 2.62. The van der Waals surface area contributed by atoms with Crippen LogP contribution in [0.15, 0.2) is 18.2 Å². The topological polar surface area (TPSA) is 61.5 Å². The minimum absolute atomic E-state index is 0.152. The molecule has 0 aliphatic heterocycles. The third kappa shape index (κ3) is 4.28. The number of hydrogen-bond donors (Lipinski definition) is 1. The first-order valence-electron chi connectivity index (χ1n) is 5.94. The molecule has 0 saturated heterocycles. The number of methoxy groups -OCH3 is 1. The van der Waals surface area contributed by atoms with Crippen molar-refractivity contribution in [3.63, 3.8) is 0 Å². The molecule has 2 N–H and O–H groups in total. The molecular formula is C14H21NO3. The number of hydrogen-bond acceptors (Lipinski definition) is 4. The summed E-state index contributed by atoms with van der Waals surface area (Å²) in [6.45, 7) is 6.72. The van der Waals surface area contributed by atoms with Crippen molar-refractivity contribution >= 4 is 11.7 Å². The Kier molecular flexibility index (Phi) is 4.59. The van der Waals surface area contributed by atoms with Gasteiger partial charge in [-0.05, 0) is 30.0 Å². The van der Waals surface area contributed by atoms with Gasteiger partial charge in [-0.25, -0.2) is 4.79 Å². The van der Waals surface area contributed by atoms with Gasteiger partial charge in [0.15, 0.2) is 0 Å². The largest absolute Gasteiger partial charge is 0.495 e. The average molecular weight is 251 g/mol. The van der Waals surface area contributed by atoms with E-state index in [1.165, 1.54) is 7.11 Å². The number of carbonyl (C=O) groups excluding carboxylic acids is 1. The lowest BCUT2D eigenvalue weighted by atomic mass is 9.93. The van der Waals surface area contributed by atoms with Crippen molar-refractivity contribution in [1.82, 2.24) is 0 Å². The van der Waals surface area contributed by atoms with Gasteiger partial charge in [0.2, 0.25) is 0 Å². The number of esters is 1. The molecule has 0 aliphatic rings. The Morgan fingerprint density at radius 3 is 2.56 bits per heavy atom. The van der Waals surface area contributed by atoms with E-state index < -0.39 is 0 Å². The quantitative estimate of drug-likeness (QED) is 0.660. The summed E-state index contributed by atoms with van der Waals surface area (Å²) in [5.74, 6) is 0.137. The van der Waals surface area contributed by atoms with E-state index in [0.717, 1.165) is 6.42 Å². The third-order valence-corrected chi connectivity index (χ3v) is 2.55. The summed E-state index contributed by atoms with van der Waals surface area (Å²) in [5, 5.41) is 0. The van der Waals surface area contributed by atoms with Crippen LogP contribution in [0.4, 0.5) is 5.69 Å². The Hall–Kier alpha value is -1.71. The van der Waals surface area contributed by atoms with Gasteiger partial charge in [-0.1, -0.05) is 20.8 Å². The number of ether oxygens (including phenoxy) is 2. The van der Waals surface area contributed by atoms with Crippen molar-refractivity contribution in [2.45, 2.75) is 27.2 Å². The second-order valence-electron chi connectivity index (χ2n) is 5.40. The summed E-state index contributed by atoms with van der Waals surface area (Å²) in [5.41, 5.74) is 6.79. The normalized spacial score (nSPS) is 11.1. The van der Waals surface area contributed by atoms with E-state index in [1.54, 1.807) is 18.2 Å². The SMILES string of the molecule is COc1cc(C(=O)OCCC(C)(C)C)ccc1N. The second kappa shape index (κ2) is 5.76. The standard InChI is InChI=1S/C14H21NO3/c1-14(2,3)7-8-18-13(16)10-5-6-11(15)12(9-10)17-4/h5-6,9H,7-8,15H2,1-4H3. The second-order valence-corrected chi connectivity index (χ2v) is 5.40. The minimum atomic E-state index is -0.349. The van der Waals surface area contributed by atoms with Crippen molar-refractivity contribution in [3.05, 3.63) is 23.8 Å². The molecule has 0 fully saturated rings. The van der Waals surface area contributed by atoms with Gasteiger partial charge in [0, 0.05) is 0 Å². The number of benzene rings is 1. The summed E-state index contributed by atoms with van der Waals surface area (Å²) in [7, 11) is 1.51. The lowest BCUT2D eigenvalue weighted by molar-refractivity contribution is 0.0464. The van der Waals surface area contributed by atoms with E-state index in [4.69, 9.17) is 15.2 Å². The zero-order chi connectivity index (χ0) is 13.8. The molecule has 1 rings (SSSR count). The zero-order valence-electron chi connectivity index (χ0n) is 11.4. The van der Waals surface area contributed by atoms with Gasteiger partial charge < -0.3 is 15.2 Å². The Labute approximate surface area is 108 Å². The first-order chi connectivity index (χ1) is 8.33. The highest BCUT2D eigenvalue weighted by Gasteiger charge is 2.13. The molecule has 0 unspecified atom stereocenters. The summed E-state index contributed by atoms with van der Waals surface area (Å²) < 4.78 is 10.3. The maximum atomic E-state index is 11.8. The zero-order valence-corrected chi connectivity index (χ0v) is 11.4. The fourth-order valence-corrected chi connectivity index (χ4v) is 1.37. The molecule has 18 heavy (non-hydrogen) atoms. The van der Waals surface area contributed by atoms with E-state index >= 15 is 0 Å². The molecule has 100 valence electrons. The first kappa shape index (κ1) is 14.4. The highest BCUT2D eigenvalue weighted by molar-refractivity contribution is 5.90. The molecule has 1 aromatic carbocycles. The molecule has 1 aromatic rings. The van der Waals surface area contributed by atoms with Crippen molar-refractivity contribution < 1.29 is 14.3 Å². The summed E-state index contributed by atoms with van der Waals surface area (Å²) >= 11 is 0.